The van der Waals surface area contributed by atoms with Crippen molar-refractivity contribution in [2.75, 3.05) is 20.8 Å². The number of ether oxygens (including phenoxy) is 2. The number of methoxy groups -OCH3 is 2. The molecular weight excluding hydrogens is 370 g/mol. The predicted octanol–water partition coefficient (Wildman–Crippen LogP) is 4.36. The summed E-state index contributed by atoms with van der Waals surface area (Å²) in [6.07, 6.45) is 1.92. The van der Waals surface area contributed by atoms with Gasteiger partial charge in [0.2, 0.25) is 17.6 Å². The Morgan fingerprint density at radius 2 is 1.79 bits per heavy atom. The molecule has 29 heavy (non-hydrogen) atoms. The first kappa shape index (κ1) is 22.7. The molecule has 1 aromatic carbocycles. The van der Waals surface area contributed by atoms with Gasteiger partial charge in [0, 0.05) is 37.1 Å². The molecule has 7 heteroatoms. The second kappa shape index (κ2) is 9.76. The monoisotopic (exact) mass is 403 g/mol. The minimum atomic E-state index is -0.0497. The van der Waals surface area contributed by atoms with E-state index in [0.29, 0.717) is 42.6 Å². The summed E-state index contributed by atoms with van der Waals surface area (Å²) in [6, 6.07) is 5.61. The van der Waals surface area contributed by atoms with Crippen molar-refractivity contribution in [3.63, 3.8) is 0 Å². The Hall–Kier alpha value is -2.57. The van der Waals surface area contributed by atoms with Gasteiger partial charge in [-0.2, -0.15) is 4.98 Å². The van der Waals surface area contributed by atoms with Crippen LogP contribution in [-0.2, 0) is 11.2 Å². The van der Waals surface area contributed by atoms with Crippen LogP contribution < -0.4 is 9.47 Å². The van der Waals surface area contributed by atoms with Gasteiger partial charge >= 0.3 is 0 Å². The molecule has 1 aromatic heterocycles. The molecule has 0 bridgehead atoms. The van der Waals surface area contributed by atoms with Gasteiger partial charge in [-0.25, -0.2) is 0 Å². The Bertz CT molecular complexity index is 788. The smallest absolute Gasteiger partial charge is 0.228 e. The molecule has 1 atom stereocenters. The van der Waals surface area contributed by atoms with Crippen molar-refractivity contribution < 1.29 is 18.8 Å². The first-order valence-electron chi connectivity index (χ1n) is 10.0. The Morgan fingerprint density at radius 3 is 2.31 bits per heavy atom. The molecule has 0 aliphatic rings. The molecule has 0 aliphatic heterocycles. The third kappa shape index (κ3) is 6.48. The minimum absolute atomic E-state index is 0.0497. The third-order valence-corrected chi connectivity index (χ3v) is 4.77. The Kier molecular flexibility index (Phi) is 7.65. The molecule has 0 saturated carbocycles. The lowest BCUT2D eigenvalue weighted by atomic mass is 9.91. The van der Waals surface area contributed by atoms with E-state index in [1.165, 1.54) is 0 Å². The van der Waals surface area contributed by atoms with Gasteiger partial charge in [-0.3, -0.25) is 4.79 Å². The number of amides is 1. The number of hydrogen-bond acceptors (Lipinski definition) is 6. The maximum absolute atomic E-state index is 12.8. The minimum Gasteiger partial charge on any atom is -0.497 e. The Morgan fingerprint density at radius 1 is 1.17 bits per heavy atom. The van der Waals surface area contributed by atoms with E-state index in [1.54, 1.807) is 20.3 Å². The molecule has 0 unspecified atom stereocenters. The van der Waals surface area contributed by atoms with Crippen LogP contribution in [-0.4, -0.2) is 47.8 Å². The van der Waals surface area contributed by atoms with Crippen molar-refractivity contribution in [3.8, 4) is 22.9 Å². The Labute approximate surface area is 173 Å². The van der Waals surface area contributed by atoms with Crippen LogP contribution >= 0.6 is 0 Å². The van der Waals surface area contributed by atoms with Gasteiger partial charge in [-0.05, 0) is 30.9 Å². The molecule has 2 rings (SSSR count). The summed E-state index contributed by atoms with van der Waals surface area (Å²) in [5.41, 5.74) is 0.699. The van der Waals surface area contributed by atoms with E-state index < -0.39 is 0 Å². The Balaban J connectivity index is 2.13. The van der Waals surface area contributed by atoms with Gasteiger partial charge in [0.25, 0.3) is 0 Å². The van der Waals surface area contributed by atoms with Crippen molar-refractivity contribution in [2.24, 2.45) is 5.41 Å². The molecular formula is C22H33N3O4. The van der Waals surface area contributed by atoms with E-state index in [-0.39, 0.29) is 17.4 Å². The third-order valence-electron chi connectivity index (χ3n) is 4.77. The van der Waals surface area contributed by atoms with Crippen LogP contribution in [0.5, 0.6) is 11.5 Å². The van der Waals surface area contributed by atoms with E-state index in [1.807, 2.05) is 17.0 Å². The highest BCUT2D eigenvalue weighted by Crippen LogP contribution is 2.28. The fourth-order valence-electron chi connectivity index (χ4n) is 2.99. The number of carbonyl (C=O) groups is 1. The van der Waals surface area contributed by atoms with Gasteiger partial charge < -0.3 is 18.9 Å². The highest BCUT2D eigenvalue weighted by atomic mass is 16.5. The topological polar surface area (TPSA) is 77.7 Å². The molecule has 1 heterocycles. The van der Waals surface area contributed by atoms with Crippen LogP contribution in [0.15, 0.2) is 22.7 Å². The van der Waals surface area contributed by atoms with E-state index >= 15 is 0 Å². The summed E-state index contributed by atoms with van der Waals surface area (Å²) >= 11 is 0. The maximum Gasteiger partial charge on any atom is 0.228 e. The molecule has 0 fully saturated rings. The zero-order valence-corrected chi connectivity index (χ0v) is 18.6. The molecule has 0 N–H and O–H groups in total. The van der Waals surface area contributed by atoms with Crippen LogP contribution in [0.1, 0.15) is 53.4 Å². The molecule has 0 saturated heterocycles. The van der Waals surface area contributed by atoms with Gasteiger partial charge in [-0.15, -0.1) is 0 Å². The lowest BCUT2D eigenvalue weighted by molar-refractivity contribution is -0.135. The van der Waals surface area contributed by atoms with Crippen LogP contribution in [0.4, 0.5) is 0 Å². The molecule has 0 spiro atoms. The van der Waals surface area contributed by atoms with E-state index in [2.05, 4.69) is 44.8 Å². The van der Waals surface area contributed by atoms with Crippen molar-refractivity contribution in [2.45, 2.75) is 59.9 Å². The highest BCUT2D eigenvalue weighted by Gasteiger charge is 2.24. The van der Waals surface area contributed by atoms with E-state index in [9.17, 15) is 4.79 Å². The molecule has 160 valence electrons. The standard InChI is InChI=1S/C22H33N3O4/c1-8-15(2)25(20(26)14-22(3,4)5)10-9-19-23-21(24-29-19)16-11-17(27-6)13-18(12-16)28-7/h11-13,15H,8-10,14H2,1-7H3/t15-/m1/s1. The van der Waals surface area contributed by atoms with Crippen molar-refractivity contribution in [1.29, 1.82) is 0 Å². The summed E-state index contributed by atoms with van der Waals surface area (Å²) in [5, 5.41) is 4.08. The van der Waals surface area contributed by atoms with Crippen LogP contribution in [0.25, 0.3) is 11.4 Å². The van der Waals surface area contributed by atoms with Gasteiger partial charge in [0.15, 0.2) is 0 Å². The molecule has 7 nitrogen and oxygen atoms in total. The zero-order chi connectivity index (χ0) is 21.6. The number of benzene rings is 1. The number of rotatable bonds is 9. The van der Waals surface area contributed by atoms with E-state index in [0.717, 1.165) is 12.0 Å². The van der Waals surface area contributed by atoms with Gasteiger partial charge in [0.05, 0.1) is 14.2 Å². The molecule has 2 aromatic rings. The zero-order valence-electron chi connectivity index (χ0n) is 18.6. The average molecular weight is 404 g/mol. The van der Waals surface area contributed by atoms with Gasteiger partial charge in [-0.1, -0.05) is 32.9 Å². The predicted molar refractivity (Wildman–Crippen MR) is 112 cm³/mol. The second-order valence-corrected chi connectivity index (χ2v) is 8.44. The van der Waals surface area contributed by atoms with Crippen LogP contribution in [0.3, 0.4) is 0 Å². The number of hydrogen-bond donors (Lipinski definition) is 0. The van der Waals surface area contributed by atoms with E-state index in [4.69, 9.17) is 14.0 Å². The molecule has 0 radical (unpaired) electrons. The lowest BCUT2D eigenvalue weighted by Crippen LogP contribution is -2.41. The maximum atomic E-state index is 12.8. The largest absolute Gasteiger partial charge is 0.497 e. The molecule has 0 aliphatic carbocycles. The first-order valence-corrected chi connectivity index (χ1v) is 10.0. The normalized spacial score (nSPS) is 12.5. The highest BCUT2D eigenvalue weighted by molar-refractivity contribution is 5.77. The number of nitrogens with zero attached hydrogens (tertiary/aromatic N) is 3. The quantitative estimate of drug-likeness (QED) is 0.619. The summed E-state index contributed by atoms with van der Waals surface area (Å²) in [6.45, 7) is 10.9. The number of carbonyl (C=O) groups excluding carboxylic acids is 1. The van der Waals surface area contributed by atoms with Crippen molar-refractivity contribution >= 4 is 5.91 Å². The van der Waals surface area contributed by atoms with Gasteiger partial charge in [0.1, 0.15) is 11.5 Å². The summed E-state index contributed by atoms with van der Waals surface area (Å²) < 4.78 is 16.0. The fraction of sp³-hybridized carbons (Fsp3) is 0.591. The average Bonchev–Trinajstić information content (AvgIpc) is 3.15. The second-order valence-electron chi connectivity index (χ2n) is 8.44. The van der Waals surface area contributed by atoms with Crippen LogP contribution in [0, 0.1) is 5.41 Å². The molecule has 1 amide bonds. The lowest BCUT2D eigenvalue weighted by Gasteiger charge is -2.31. The summed E-state index contributed by atoms with van der Waals surface area (Å²) in [4.78, 5) is 19.2. The first-order chi connectivity index (χ1) is 13.7. The SMILES string of the molecule is CC[C@@H](C)N(CCc1nc(-c2cc(OC)cc(OC)c2)no1)C(=O)CC(C)(C)C. The number of aromatic nitrogens is 2. The van der Waals surface area contributed by atoms with Crippen LogP contribution in [0.2, 0.25) is 0 Å². The van der Waals surface area contributed by atoms with Crippen molar-refractivity contribution in [3.05, 3.63) is 24.1 Å². The fourth-order valence-corrected chi connectivity index (χ4v) is 2.99. The summed E-state index contributed by atoms with van der Waals surface area (Å²) in [5.74, 6) is 2.43. The van der Waals surface area contributed by atoms with Crippen molar-refractivity contribution in [1.82, 2.24) is 15.0 Å². The summed E-state index contributed by atoms with van der Waals surface area (Å²) in [7, 11) is 3.19.